The average molecular weight is 545 g/mol. The van der Waals surface area contributed by atoms with Crippen LogP contribution in [0.3, 0.4) is 0 Å². The Labute approximate surface area is 212 Å². The second kappa shape index (κ2) is 9.58. The van der Waals surface area contributed by atoms with E-state index in [2.05, 4.69) is 21.2 Å². The van der Waals surface area contributed by atoms with Crippen molar-refractivity contribution in [3.63, 3.8) is 0 Å². The number of amides is 3. The highest BCUT2D eigenvalue weighted by Gasteiger charge is 2.36. The molecule has 0 radical (unpaired) electrons. The lowest BCUT2D eigenvalue weighted by molar-refractivity contribution is -0.127. The number of thioether (sulfide) groups is 1. The van der Waals surface area contributed by atoms with Crippen molar-refractivity contribution in [2.75, 3.05) is 11.9 Å². The number of phenolic OH excluding ortho intramolecular Hbond substituents is 1. The van der Waals surface area contributed by atoms with Gasteiger partial charge in [0, 0.05) is 21.3 Å². The van der Waals surface area contributed by atoms with Gasteiger partial charge >= 0.3 is 0 Å². The van der Waals surface area contributed by atoms with Crippen molar-refractivity contribution in [1.82, 2.24) is 4.90 Å². The first-order chi connectivity index (χ1) is 15.7. The number of nitrogens with one attached hydrogen (secondary N) is 1. The molecule has 1 saturated heterocycles. The number of carbonyl (C=O) groups excluding carboxylic acids is 3. The van der Waals surface area contributed by atoms with Crippen molar-refractivity contribution < 1.29 is 19.5 Å². The van der Waals surface area contributed by atoms with Gasteiger partial charge in [-0.15, -0.1) is 0 Å². The van der Waals surface area contributed by atoms with Crippen LogP contribution >= 0.6 is 27.7 Å². The molecular formula is C26H29BrN2O4S. The molecule has 0 unspecified atom stereocenters. The molecule has 8 heteroatoms. The predicted octanol–water partition coefficient (Wildman–Crippen LogP) is 6.42. The number of aromatic hydroxyl groups is 1. The highest BCUT2D eigenvalue weighted by molar-refractivity contribution is 9.10. The summed E-state index contributed by atoms with van der Waals surface area (Å²) >= 11 is 4.14. The Bertz CT molecular complexity index is 1140. The molecule has 34 heavy (non-hydrogen) atoms. The number of hydrogen-bond acceptors (Lipinski definition) is 5. The summed E-state index contributed by atoms with van der Waals surface area (Å²) in [6, 6.07) is 10.7. The summed E-state index contributed by atoms with van der Waals surface area (Å²) in [5.74, 6) is -0.723. The monoisotopic (exact) mass is 544 g/mol. The van der Waals surface area contributed by atoms with E-state index in [1.165, 1.54) is 0 Å². The largest absolute Gasteiger partial charge is 0.507 e. The zero-order valence-electron chi connectivity index (χ0n) is 20.2. The number of phenols is 1. The Kier molecular flexibility index (Phi) is 7.34. The molecule has 3 amide bonds. The van der Waals surface area contributed by atoms with Crippen molar-refractivity contribution in [2.45, 2.75) is 52.4 Å². The minimum atomic E-state index is -0.511. The van der Waals surface area contributed by atoms with Gasteiger partial charge in [0.15, 0.2) is 0 Å². The summed E-state index contributed by atoms with van der Waals surface area (Å²) < 4.78 is 0.875. The van der Waals surface area contributed by atoms with Crippen LogP contribution in [0.25, 0.3) is 6.08 Å². The van der Waals surface area contributed by atoms with Crippen molar-refractivity contribution in [3.8, 4) is 5.75 Å². The van der Waals surface area contributed by atoms with Crippen LogP contribution in [0.5, 0.6) is 5.75 Å². The van der Waals surface area contributed by atoms with Crippen LogP contribution in [0, 0.1) is 0 Å². The number of benzene rings is 2. The van der Waals surface area contributed by atoms with Gasteiger partial charge in [-0.3, -0.25) is 19.3 Å². The van der Waals surface area contributed by atoms with E-state index in [9.17, 15) is 19.5 Å². The number of hydrogen-bond donors (Lipinski definition) is 2. The Morgan fingerprint density at radius 1 is 1.03 bits per heavy atom. The zero-order chi connectivity index (χ0) is 25.4. The third-order valence-electron chi connectivity index (χ3n) is 5.35. The highest BCUT2D eigenvalue weighted by atomic mass is 79.9. The van der Waals surface area contributed by atoms with E-state index in [1.807, 2.05) is 53.7 Å². The number of carbonyl (C=O) groups is 3. The van der Waals surface area contributed by atoms with Crippen molar-refractivity contribution in [2.24, 2.45) is 0 Å². The molecule has 0 atom stereocenters. The Morgan fingerprint density at radius 2 is 1.56 bits per heavy atom. The molecule has 180 valence electrons. The lowest BCUT2D eigenvalue weighted by Crippen LogP contribution is -2.36. The lowest BCUT2D eigenvalue weighted by atomic mass is 9.78. The molecule has 1 aliphatic heterocycles. The minimum Gasteiger partial charge on any atom is -0.507 e. The third kappa shape index (κ3) is 5.91. The van der Waals surface area contributed by atoms with Crippen LogP contribution < -0.4 is 5.32 Å². The van der Waals surface area contributed by atoms with E-state index in [1.54, 1.807) is 30.3 Å². The molecule has 0 aromatic heterocycles. The van der Waals surface area contributed by atoms with Crippen LogP contribution in [-0.2, 0) is 20.4 Å². The molecule has 0 spiro atoms. The first-order valence-corrected chi connectivity index (χ1v) is 12.5. The fraction of sp³-hybridized carbons (Fsp3) is 0.346. The van der Waals surface area contributed by atoms with E-state index in [0.29, 0.717) is 5.69 Å². The van der Waals surface area contributed by atoms with Crippen LogP contribution in [0.4, 0.5) is 10.5 Å². The summed E-state index contributed by atoms with van der Waals surface area (Å²) in [4.78, 5) is 39.1. The minimum absolute atomic E-state index is 0.242. The van der Waals surface area contributed by atoms with Gasteiger partial charge in [-0.1, -0.05) is 57.5 Å². The molecule has 1 fully saturated rings. The Morgan fingerprint density at radius 3 is 2.06 bits per heavy atom. The fourth-order valence-corrected chi connectivity index (χ4v) is 4.65. The molecule has 2 aromatic rings. The van der Waals surface area contributed by atoms with Crippen LogP contribution in [-0.4, -0.2) is 33.6 Å². The van der Waals surface area contributed by atoms with Gasteiger partial charge in [0.2, 0.25) is 5.91 Å². The highest BCUT2D eigenvalue weighted by Crippen LogP contribution is 2.41. The van der Waals surface area contributed by atoms with E-state index >= 15 is 0 Å². The molecule has 0 bridgehead atoms. The van der Waals surface area contributed by atoms with Crippen molar-refractivity contribution in [1.29, 1.82) is 0 Å². The number of halogens is 1. The SMILES string of the molecule is CC(C)(C)c1cc(/C=C2\SC(=O)N(CC(=O)Nc3ccc(Br)cc3)C2=O)cc(C(C)(C)C)c1O. The summed E-state index contributed by atoms with van der Waals surface area (Å²) in [5, 5.41) is 13.1. The molecule has 1 heterocycles. The number of anilines is 1. The molecule has 3 rings (SSSR count). The molecule has 2 aromatic carbocycles. The van der Waals surface area contributed by atoms with Gasteiger partial charge in [-0.2, -0.15) is 0 Å². The Hall–Kier alpha value is -2.58. The summed E-state index contributed by atoms with van der Waals surface area (Å²) in [7, 11) is 0. The van der Waals surface area contributed by atoms with E-state index < -0.39 is 17.1 Å². The third-order valence-corrected chi connectivity index (χ3v) is 6.79. The lowest BCUT2D eigenvalue weighted by Gasteiger charge is -2.28. The normalized spacial score (nSPS) is 15.9. The maximum Gasteiger partial charge on any atom is 0.294 e. The van der Waals surface area contributed by atoms with Crippen LogP contribution in [0.1, 0.15) is 58.2 Å². The second-order valence-corrected chi connectivity index (χ2v) is 12.2. The Balaban J connectivity index is 1.87. The van der Waals surface area contributed by atoms with Crippen LogP contribution in [0.2, 0.25) is 0 Å². The maximum atomic E-state index is 13.0. The first kappa shape index (κ1) is 26.0. The molecule has 0 aliphatic carbocycles. The topological polar surface area (TPSA) is 86.7 Å². The van der Waals surface area contributed by atoms with E-state index in [-0.39, 0.29) is 28.0 Å². The molecule has 0 saturated carbocycles. The van der Waals surface area contributed by atoms with Crippen molar-refractivity contribution >= 4 is 56.5 Å². The van der Waals surface area contributed by atoms with Gasteiger partial charge in [0.1, 0.15) is 12.3 Å². The van der Waals surface area contributed by atoms with Gasteiger partial charge < -0.3 is 10.4 Å². The number of nitrogens with zero attached hydrogens (tertiary/aromatic N) is 1. The van der Waals surface area contributed by atoms with Gasteiger partial charge in [0.05, 0.1) is 4.91 Å². The molecule has 6 nitrogen and oxygen atoms in total. The summed E-state index contributed by atoms with van der Waals surface area (Å²) in [6.07, 6.45) is 1.65. The number of imide groups is 1. The quantitative estimate of drug-likeness (QED) is 0.433. The average Bonchev–Trinajstić information content (AvgIpc) is 2.96. The smallest absolute Gasteiger partial charge is 0.294 e. The molecule has 2 N–H and O–H groups in total. The summed E-state index contributed by atoms with van der Waals surface area (Å²) in [6.45, 7) is 11.7. The maximum absolute atomic E-state index is 13.0. The first-order valence-electron chi connectivity index (χ1n) is 10.9. The summed E-state index contributed by atoms with van der Waals surface area (Å²) in [5.41, 5.74) is 2.18. The fourth-order valence-electron chi connectivity index (χ4n) is 3.55. The molecular weight excluding hydrogens is 516 g/mol. The van der Waals surface area contributed by atoms with Gasteiger partial charge in [-0.25, -0.2) is 0 Å². The zero-order valence-corrected chi connectivity index (χ0v) is 22.6. The van der Waals surface area contributed by atoms with Crippen LogP contribution in [0.15, 0.2) is 45.8 Å². The van der Waals surface area contributed by atoms with Gasteiger partial charge in [-0.05, 0) is 70.6 Å². The predicted molar refractivity (Wildman–Crippen MR) is 141 cm³/mol. The number of rotatable bonds is 4. The van der Waals surface area contributed by atoms with E-state index in [0.717, 1.165) is 37.8 Å². The second-order valence-electron chi connectivity index (χ2n) is 10.3. The van der Waals surface area contributed by atoms with E-state index in [4.69, 9.17) is 0 Å². The molecule has 1 aliphatic rings. The van der Waals surface area contributed by atoms with Gasteiger partial charge in [0.25, 0.3) is 11.1 Å². The standard InChI is InChI=1S/C26H29BrN2O4S/c1-25(2,3)18-11-15(12-19(22(18)31)26(4,5)6)13-20-23(32)29(24(33)34-20)14-21(30)28-17-9-7-16(27)8-10-17/h7-13,31H,14H2,1-6H3,(H,28,30)/b20-13-. The van der Waals surface area contributed by atoms with Crippen molar-refractivity contribution in [3.05, 3.63) is 62.5 Å².